The van der Waals surface area contributed by atoms with Crippen LogP contribution in [0.25, 0.3) is 10.9 Å². The lowest BCUT2D eigenvalue weighted by atomic mass is 10.1. The minimum atomic E-state index is -0.321. The van der Waals surface area contributed by atoms with Gasteiger partial charge in [0.15, 0.2) is 0 Å². The molecule has 1 aromatic heterocycles. The first-order valence-corrected chi connectivity index (χ1v) is 7.73. The Hall–Kier alpha value is -3.02. The molecular weight excluding hydrogens is 304 g/mol. The number of nitrogens with one attached hydrogen (secondary N) is 1. The molecule has 0 spiro atoms. The van der Waals surface area contributed by atoms with Gasteiger partial charge in [-0.25, -0.2) is 4.68 Å². The first-order chi connectivity index (χ1) is 11.5. The summed E-state index contributed by atoms with van der Waals surface area (Å²) in [6.07, 6.45) is 0. The monoisotopic (exact) mass is 322 g/mol. The molecule has 0 aliphatic carbocycles. The van der Waals surface area contributed by atoms with Gasteiger partial charge in [-0.15, -0.1) is 5.10 Å². The smallest absolute Gasteiger partial charge is 0.278 e. The van der Waals surface area contributed by atoms with Gasteiger partial charge in [0.05, 0.1) is 11.4 Å². The lowest BCUT2D eigenvalue weighted by Gasteiger charge is -2.14. The summed E-state index contributed by atoms with van der Waals surface area (Å²) in [5.41, 5.74) is 2.37. The Morgan fingerprint density at radius 1 is 1.17 bits per heavy atom. The SMILES string of the molecule is Cc1ccc(C(C)NC(=O)Cn2nnc3ccccc3c2=O)cc1. The molecule has 0 bridgehead atoms. The van der Waals surface area contributed by atoms with E-state index in [2.05, 4.69) is 15.6 Å². The van der Waals surface area contributed by atoms with E-state index >= 15 is 0 Å². The maximum atomic E-state index is 12.3. The van der Waals surface area contributed by atoms with Gasteiger partial charge in [0, 0.05) is 0 Å². The summed E-state index contributed by atoms with van der Waals surface area (Å²) in [6, 6.07) is 14.7. The van der Waals surface area contributed by atoms with Gasteiger partial charge in [-0.05, 0) is 31.5 Å². The predicted octanol–water partition coefficient (Wildman–Crippen LogP) is 1.98. The summed E-state index contributed by atoms with van der Waals surface area (Å²) in [5, 5.41) is 11.1. The second-order valence-electron chi connectivity index (χ2n) is 5.77. The van der Waals surface area contributed by atoms with Crippen LogP contribution in [0.1, 0.15) is 24.1 Å². The summed E-state index contributed by atoms with van der Waals surface area (Å²) in [5.74, 6) is -0.283. The molecule has 0 saturated heterocycles. The molecule has 122 valence electrons. The Morgan fingerprint density at radius 3 is 2.62 bits per heavy atom. The topological polar surface area (TPSA) is 76.9 Å². The maximum absolute atomic E-state index is 12.3. The number of carbonyl (C=O) groups excluding carboxylic acids is 1. The number of carbonyl (C=O) groups is 1. The normalized spacial score (nSPS) is 12.1. The van der Waals surface area contributed by atoms with Crippen molar-refractivity contribution in [2.45, 2.75) is 26.4 Å². The largest absolute Gasteiger partial charge is 0.348 e. The third-order valence-electron chi connectivity index (χ3n) is 3.88. The van der Waals surface area contributed by atoms with E-state index < -0.39 is 0 Å². The fourth-order valence-corrected chi connectivity index (χ4v) is 2.49. The number of benzene rings is 2. The van der Waals surface area contributed by atoms with E-state index in [-0.39, 0.29) is 24.1 Å². The molecule has 0 radical (unpaired) electrons. The number of hydrogen-bond donors (Lipinski definition) is 1. The van der Waals surface area contributed by atoms with Gasteiger partial charge in [0.1, 0.15) is 12.1 Å². The number of hydrogen-bond acceptors (Lipinski definition) is 4. The van der Waals surface area contributed by atoms with Gasteiger partial charge in [-0.1, -0.05) is 47.2 Å². The number of nitrogens with zero attached hydrogens (tertiary/aromatic N) is 3. The molecule has 24 heavy (non-hydrogen) atoms. The molecule has 3 aromatic rings. The van der Waals surface area contributed by atoms with Gasteiger partial charge in [0.25, 0.3) is 5.56 Å². The third kappa shape index (κ3) is 3.32. The highest BCUT2D eigenvalue weighted by Gasteiger charge is 2.12. The van der Waals surface area contributed by atoms with E-state index in [4.69, 9.17) is 0 Å². The fraction of sp³-hybridized carbons (Fsp3) is 0.222. The number of aromatic nitrogens is 3. The summed E-state index contributed by atoms with van der Waals surface area (Å²) < 4.78 is 1.08. The Kier molecular flexibility index (Phi) is 4.37. The predicted molar refractivity (Wildman–Crippen MR) is 91.5 cm³/mol. The zero-order valence-corrected chi connectivity index (χ0v) is 13.6. The van der Waals surface area contributed by atoms with Crippen molar-refractivity contribution in [3.8, 4) is 0 Å². The Balaban J connectivity index is 1.74. The van der Waals surface area contributed by atoms with Crippen molar-refractivity contribution in [3.63, 3.8) is 0 Å². The second kappa shape index (κ2) is 6.62. The zero-order valence-electron chi connectivity index (χ0n) is 13.6. The minimum absolute atomic E-state index is 0.151. The quantitative estimate of drug-likeness (QED) is 0.797. The Labute approximate surface area is 139 Å². The molecular formula is C18H18N4O2. The van der Waals surface area contributed by atoms with Crippen LogP contribution in [-0.4, -0.2) is 20.9 Å². The minimum Gasteiger partial charge on any atom is -0.348 e. The summed E-state index contributed by atoms with van der Waals surface area (Å²) in [7, 11) is 0. The number of aryl methyl sites for hydroxylation is 1. The van der Waals surface area contributed by atoms with Gasteiger partial charge < -0.3 is 5.32 Å². The molecule has 0 aliphatic rings. The number of amides is 1. The van der Waals surface area contributed by atoms with Crippen LogP contribution in [0.3, 0.4) is 0 Å². The van der Waals surface area contributed by atoms with Crippen LogP contribution in [0.15, 0.2) is 53.3 Å². The van der Waals surface area contributed by atoms with Crippen LogP contribution in [0, 0.1) is 6.92 Å². The molecule has 0 aliphatic heterocycles. The third-order valence-corrected chi connectivity index (χ3v) is 3.88. The van der Waals surface area contributed by atoms with Gasteiger partial charge in [-0.3, -0.25) is 9.59 Å². The first-order valence-electron chi connectivity index (χ1n) is 7.73. The highest BCUT2D eigenvalue weighted by Crippen LogP contribution is 2.12. The molecule has 6 heteroatoms. The van der Waals surface area contributed by atoms with Crippen molar-refractivity contribution >= 4 is 16.8 Å². The fourth-order valence-electron chi connectivity index (χ4n) is 2.49. The van der Waals surface area contributed by atoms with Crippen molar-refractivity contribution in [2.75, 3.05) is 0 Å². The molecule has 2 aromatic carbocycles. The van der Waals surface area contributed by atoms with Crippen molar-refractivity contribution in [3.05, 3.63) is 70.0 Å². The van der Waals surface area contributed by atoms with E-state index in [1.165, 1.54) is 0 Å². The van der Waals surface area contributed by atoms with E-state index in [9.17, 15) is 9.59 Å². The van der Waals surface area contributed by atoms with E-state index in [0.29, 0.717) is 10.9 Å². The second-order valence-corrected chi connectivity index (χ2v) is 5.77. The molecule has 1 amide bonds. The molecule has 1 N–H and O–H groups in total. The highest BCUT2D eigenvalue weighted by atomic mass is 16.2. The maximum Gasteiger partial charge on any atom is 0.278 e. The Bertz CT molecular complexity index is 932. The lowest BCUT2D eigenvalue weighted by molar-refractivity contribution is -0.122. The standard InChI is InChI=1S/C18H18N4O2/c1-12-7-9-14(10-8-12)13(2)19-17(23)11-22-18(24)15-5-3-4-6-16(15)20-21-22/h3-10,13H,11H2,1-2H3,(H,19,23). The Morgan fingerprint density at radius 2 is 1.88 bits per heavy atom. The zero-order chi connectivity index (χ0) is 17.1. The molecule has 1 unspecified atom stereocenters. The van der Waals surface area contributed by atoms with Gasteiger partial charge >= 0.3 is 0 Å². The highest BCUT2D eigenvalue weighted by molar-refractivity contribution is 5.78. The molecule has 6 nitrogen and oxygen atoms in total. The van der Waals surface area contributed by atoms with Crippen LogP contribution in [0.5, 0.6) is 0 Å². The van der Waals surface area contributed by atoms with Crippen molar-refractivity contribution < 1.29 is 4.79 Å². The average Bonchev–Trinajstić information content (AvgIpc) is 2.58. The van der Waals surface area contributed by atoms with Crippen LogP contribution in [-0.2, 0) is 11.3 Å². The van der Waals surface area contributed by atoms with Crippen LogP contribution in [0.4, 0.5) is 0 Å². The van der Waals surface area contributed by atoms with Crippen LogP contribution < -0.4 is 10.9 Å². The van der Waals surface area contributed by atoms with Crippen molar-refractivity contribution in [1.29, 1.82) is 0 Å². The van der Waals surface area contributed by atoms with Gasteiger partial charge in [-0.2, -0.15) is 0 Å². The van der Waals surface area contributed by atoms with E-state index in [0.717, 1.165) is 15.8 Å². The van der Waals surface area contributed by atoms with E-state index in [1.807, 2.05) is 38.1 Å². The first kappa shape index (κ1) is 15.9. The molecule has 1 atom stereocenters. The molecule has 0 saturated carbocycles. The van der Waals surface area contributed by atoms with Crippen molar-refractivity contribution in [2.24, 2.45) is 0 Å². The molecule has 1 heterocycles. The summed E-state index contributed by atoms with van der Waals surface area (Å²) in [4.78, 5) is 24.6. The average molecular weight is 322 g/mol. The van der Waals surface area contributed by atoms with Crippen LogP contribution in [0.2, 0.25) is 0 Å². The summed E-state index contributed by atoms with van der Waals surface area (Å²) >= 11 is 0. The van der Waals surface area contributed by atoms with Crippen molar-refractivity contribution in [1.82, 2.24) is 20.3 Å². The lowest BCUT2D eigenvalue weighted by Crippen LogP contribution is -2.35. The number of rotatable bonds is 4. The van der Waals surface area contributed by atoms with Gasteiger partial charge in [0.2, 0.25) is 5.91 Å². The molecule has 0 fully saturated rings. The molecule has 3 rings (SSSR count). The summed E-state index contributed by atoms with van der Waals surface area (Å²) in [6.45, 7) is 3.75. The van der Waals surface area contributed by atoms with E-state index in [1.54, 1.807) is 24.3 Å². The van der Waals surface area contributed by atoms with Crippen LogP contribution >= 0.6 is 0 Å². The number of fused-ring (bicyclic) bond motifs is 1.